The van der Waals surface area contributed by atoms with Crippen LogP contribution in [0.5, 0.6) is 0 Å². The molecule has 2 N–H and O–H groups in total. The molecule has 0 bridgehead atoms. The Balaban J connectivity index is 1.82. The number of carbonyl (C=O) groups is 3. The lowest BCUT2D eigenvalue weighted by Gasteiger charge is -2.36. The maximum atomic E-state index is 13.0. The van der Waals surface area contributed by atoms with Crippen molar-refractivity contribution in [3.8, 4) is 0 Å². The molecule has 0 saturated carbocycles. The van der Waals surface area contributed by atoms with Gasteiger partial charge in [-0.2, -0.15) is 0 Å². The Morgan fingerprint density at radius 3 is 2.00 bits per heavy atom. The van der Waals surface area contributed by atoms with Gasteiger partial charge in [0.15, 0.2) is 5.78 Å². The molecule has 2 aliphatic rings. The maximum absolute atomic E-state index is 13.0. The Kier molecular flexibility index (Phi) is 15.0. The number of hydrogen-bond donors (Lipinski definition) is 1. The molecule has 0 aromatic rings. The number of primary amides is 1. The molecule has 36 heavy (non-hydrogen) atoms. The molecule has 1 saturated heterocycles. The fourth-order valence-electron chi connectivity index (χ4n) is 5.39. The molecular weight excluding hydrogens is 454 g/mol. The van der Waals surface area contributed by atoms with E-state index in [9.17, 15) is 14.4 Å². The lowest BCUT2D eigenvalue weighted by atomic mass is 9.82. The largest absolute Gasteiger partial charge is 0.462 e. The SMILES string of the molecule is CCCCCCCCCCCC(CC1OC(CCCCCC)C1=O)OC(=O)C1CC=CCC1C(N)=O. The van der Waals surface area contributed by atoms with Crippen LogP contribution in [-0.4, -0.2) is 36.0 Å². The third-order valence-corrected chi connectivity index (χ3v) is 7.77. The first-order chi connectivity index (χ1) is 17.5. The first-order valence-corrected chi connectivity index (χ1v) is 14.8. The highest BCUT2D eigenvalue weighted by atomic mass is 16.6. The first-order valence-electron chi connectivity index (χ1n) is 14.8. The van der Waals surface area contributed by atoms with Crippen LogP contribution in [0.1, 0.15) is 129 Å². The van der Waals surface area contributed by atoms with Gasteiger partial charge in [-0.3, -0.25) is 14.4 Å². The average molecular weight is 506 g/mol. The van der Waals surface area contributed by atoms with Crippen molar-refractivity contribution in [3.63, 3.8) is 0 Å². The van der Waals surface area contributed by atoms with E-state index >= 15 is 0 Å². The van der Waals surface area contributed by atoms with Gasteiger partial charge < -0.3 is 15.2 Å². The Labute approximate surface area is 219 Å². The number of amides is 1. The van der Waals surface area contributed by atoms with Crippen molar-refractivity contribution < 1.29 is 23.9 Å². The highest BCUT2D eigenvalue weighted by Crippen LogP contribution is 2.30. The standard InChI is InChI=1S/C30H51NO5/c1-3-5-7-9-10-11-12-13-14-18-23(22-27-28(32)26(36-27)21-15-8-6-4-2)35-30(34)25-20-17-16-19-24(25)29(31)33/h16-17,23-27H,3-15,18-22H2,1-2H3,(H2,31,33). The summed E-state index contributed by atoms with van der Waals surface area (Å²) in [5.74, 6) is -1.74. The molecule has 1 amide bonds. The van der Waals surface area contributed by atoms with Crippen molar-refractivity contribution >= 4 is 17.7 Å². The summed E-state index contributed by atoms with van der Waals surface area (Å²) in [6, 6.07) is 0. The molecule has 6 heteroatoms. The van der Waals surface area contributed by atoms with Gasteiger partial charge in [-0.25, -0.2) is 0 Å². The van der Waals surface area contributed by atoms with Crippen molar-refractivity contribution in [1.82, 2.24) is 0 Å². The molecule has 0 radical (unpaired) electrons. The van der Waals surface area contributed by atoms with E-state index in [4.69, 9.17) is 15.2 Å². The number of Topliss-reactive ketones (excluding diaryl/α,β-unsaturated/α-hetero) is 1. The summed E-state index contributed by atoms with van der Waals surface area (Å²) >= 11 is 0. The Morgan fingerprint density at radius 2 is 1.42 bits per heavy atom. The molecule has 5 atom stereocenters. The van der Waals surface area contributed by atoms with Crippen LogP contribution >= 0.6 is 0 Å². The quantitative estimate of drug-likeness (QED) is 0.114. The van der Waals surface area contributed by atoms with E-state index in [1.165, 1.54) is 57.8 Å². The minimum Gasteiger partial charge on any atom is -0.462 e. The van der Waals surface area contributed by atoms with Gasteiger partial charge in [0.1, 0.15) is 18.3 Å². The molecule has 0 aromatic carbocycles. The number of unbranched alkanes of at least 4 members (excludes halogenated alkanes) is 11. The van der Waals surface area contributed by atoms with Crippen LogP contribution in [0, 0.1) is 11.8 Å². The summed E-state index contributed by atoms with van der Waals surface area (Å²) < 4.78 is 11.8. The lowest BCUT2D eigenvalue weighted by Crippen LogP contribution is -2.51. The molecule has 0 aromatic heterocycles. The van der Waals surface area contributed by atoms with E-state index in [0.717, 1.165) is 38.5 Å². The van der Waals surface area contributed by atoms with Gasteiger partial charge in [0.2, 0.25) is 5.91 Å². The zero-order chi connectivity index (χ0) is 26.2. The normalized spacial score (nSPS) is 24.3. The van der Waals surface area contributed by atoms with Crippen LogP contribution in [0.4, 0.5) is 0 Å². The van der Waals surface area contributed by atoms with Crippen molar-refractivity contribution in [2.24, 2.45) is 17.6 Å². The predicted octanol–water partition coefficient (Wildman–Crippen LogP) is 6.58. The molecule has 6 nitrogen and oxygen atoms in total. The zero-order valence-electron chi connectivity index (χ0n) is 22.9. The van der Waals surface area contributed by atoms with Crippen molar-refractivity contribution in [2.75, 3.05) is 0 Å². The second-order valence-electron chi connectivity index (χ2n) is 10.8. The van der Waals surface area contributed by atoms with Crippen LogP contribution in [-0.2, 0) is 23.9 Å². The summed E-state index contributed by atoms with van der Waals surface area (Å²) in [4.78, 5) is 37.6. The minimum atomic E-state index is -0.539. The summed E-state index contributed by atoms with van der Waals surface area (Å²) in [6.45, 7) is 4.41. The third-order valence-electron chi connectivity index (χ3n) is 7.77. The van der Waals surface area contributed by atoms with Crippen molar-refractivity contribution in [1.29, 1.82) is 0 Å². The Morgan fingerprint density at radius 1 is 0.861 bits per heavy atom. The van der Waals surface area contributed by atoms with E-state index in [1.54, 1.807) is 0 Å². The van der Waals surface area contributed by atoms with Crippen LogP contribution in [0.3, 0.4) is 0 Å². The third kappa shape index (κ3) is 10.7. The van der Waals surface area contributed by atoms with Gasteiger partial charge in [0, 0.05) is 6.42 Å². The maximum Gasteiger partial charge on any atom is 0.310 e. The van der Waals surface area contributed by atoms with Gasteiger partial charge >= 0.3 is 5.97 Å². The number of rotatable bonds is 20. The van der Waals surface area contributed by atoms with Crippen LogP contribution in [0.25, 0.3) is 0 Å². The fourth-order valence-corrected chi connectivity index (χ4v) is 5.39. The first kappa shape index (κ1) is 30.5. The van der Waals surface area contributed by atoms with Crippen LogP contribution in [0.2, 0.25) is 0 Å². The van der Waals surface area contributed by atoms with Gasteiger partial charge in [0.25, 0.3) is 0 Å². The van der Waals surface area contributed by atoms with E-state index < -0.39 is 23.8 Å². The smallest absolute Gasteiger partial charge is 0.310 e. The van der Waals surface area contributed by atoms with E-state index in [2.05, 4.69) is 13.8 Å². The number of allylic oxidation sites excluding steroid dienone is 2. The second kappa shape index (κ2) is 17.7. The molecule has 206 valence electrons. The minimum absolute atomic E-state index is 0.148. The van der Waals surface area contributed by atoms with Crippen LogP contribution < -0.4 is 5.73 Å². The van der Waals surface area contributed by atoms with E-state index in [-0.39, 0.29) is 24.0 Å². The van der Waals surface area contributed by atoms with Crippen molar-refractivity contribution in [3.05, 3.63) is 12.2 Å². The highest BCUT2D eigenvalue weighted by Gasteiger charge is 2.42. The lowest BCUT2D eigenvalue weighted by molar-refractivity contribution is -0.181. The van der Waals surface area contributed by atoms with Gasteiger partial charge in [-0.15, -0.1) is 0 Å². The number of nitrogens with two attached hydrogens (primary N) is 1. The number of esters is 1. The monoisotopic (exact) mass is 505 g/mol. The zero-order valence-corrected chi connectivity index (χ0v) is 22.9. The topological polar surface area (TPSA) is 95.7 Å². The molecule has 1 heterocycles. The van der Waals surface area contributed by atoms with Gasteiger partial charge in [-0.05, 0) is 32.1 Å². The summed E-state index contributed by atoms with van der Waals surface area (Å²) in [5.41, 5.74) is 5.55. The van der Waals surface area contributed by atoms with E-state index in [0.29, 0.717) is 19.3 Å². The summed E-state index contributed by atoms with van der Waals surface area (Å²) in [5, 5.41) is 0. The van der Waals surface area contributed by atoms with Gasteiger partial charge in [-0.1, -0.05) is 103 Å². The Bertz CT molecular complexity index is 691. The fraction of sp³-hybridized carbons (Fsp3) is 0.833. The Hall–Kier alpha value is -1.69. The second-order valence-corrected chi connectivity index (χ2v) is 10.8. The molecule has 1 fully saturated rings. The highest BCUT2D eigenvalue weighted by molar-refractivity contribution is 5.92. The summed E-state index contributed by atoms with van der Waals surface area (Å²) in [7, 11) is 0. The van der Waals surface area contributed by atoms with Crippen molar-refractivity contribution in [2.45, 2.75) is 148 Å². The number of ether oxygens (including phenoxy) is 2. The predicted molar refractivity (Wildman–Crippen MR) is 143 cm³/mol. The number of hydrogen-bond acceptors (Lipinski definition) is 5. The molecule has 1 aliphatic carbocycles. The molecule has 2 rings (SSSR count). The molecular formula is C30H51NO5. The molecule has 1 aliphatic heterocycles. The molecule has 0 spiro atoms. The van der Waals surface area contributed by atoms with Crippen LogP contribution in [0.15, 0.2) is 12.2 Å². The number of carbonyl (C=O) groups excluding carboxylic acids is 3. The number of ketones is 1. The van der Waals surface area contributed by atoms with E-state index in [1.807, 2.05) is 12.2 Å². The molecule has 5 unspecified atom stereocenters. The summed E-state index contributed by atoms with van der Waals surface area (Å²) in [6.07, 6.45) is 21.0. The van der Waals surface area contributed by atoms with Gasteiger partial charge in [0.05, 0.1) is 11.8 Å². The average Bonchev–Trinajstić information content (AvgIpc) is 2.88.